The summed E-state index contributed by atoms with van der Waals surface area (Å²) in [5.41, 5.74) is 11.1. The van der Waals surface area contributed by atoms with E-state index in [1.165, 1.54) is 0 Å². The summed E-state index contributed by atoms with van der Waals surface area (Å²) in [5, 5.41) is 0. The minimum absolute atomic E-state index is 0.185. The molecule has 1 atom stereocenters. The molecule has 0 aliphatic rings. The van der Waals surface area contributed by atoms with Crippen molar-refractivity contribution in [3.8, 4) is 0 Å². The molecule has 0 amide bonds. The van der Waals surface area contributed by atoms with Gasteiger partial charge in [-0.2, -0.15) is 0 Å². The summed E-state index contributed by atoms with van der Waals surface area (Å²) in [7, 11) is 0. The molecule has 0 aromatic heterocycles. The van der Waals surface area contributed by atoms with Crippen LogP contribution >= 0.6 is 0 Å². The Kier molecular flexibility index (Phi) is 4.56. The fourth-order valence-corrected chi connectivity index (χ4v) is 1.19. The maximum Gasteiger partial charge on any atom is 0.113 e. The maximum absolute atomic E-state index is 5.88. The van der Waals surface area contributed by atoms with Gasteiger partial charge in [0.15, 0.2) is 0 Å². The van der Waals surface area contributed by atoms with Gasteiger partial charge in [-0.05, 0) is 31.6 Å². The highest BCUT2D eigenvalue weighted by atomic mass is 16.5. The number of hydrogen-bond donors (Lipinski definition) is 2. The van der Waals surface area contributed by atoms with Crippen molar-refractivity contribution in [2.75, 3.05) is 0 Å². The molecule has 0 aromatic carbocycles. The van der Waals surface area contributed by atoms with Gasteiger partial charge >= 0.3 is 0 Å². The Bertz CT molecular complexity index is 171. The Hall–Kier alpha value is -0.120. The van der Waals surface area contributed by atoms with Crippen molar-refractivity contribution >= 4 is 0 Å². The van der Waals surface area contributed by atoms with Gasteiger partial charge in [-0.15, -0.1) is 0 Å². The molecule has 1 unspecified atom stereocenters. The molecule has 4 N–H and O–H groups in total. The zero-order valence-corrected chi connectivity index (χ0v) is 10.4. The zero-order chi connectivity index (χ0) is 11.6. The molecule has 0 spiro atoms. The van der Waals surface area contributed by atoms with E-state index in [2.05, 4.69) is 27.7 Å². The predicted octanol–water partition coefficient (Wildman–Crippen LogP) is 2.05. The van der Waals surface area contributed by atoms with E-state index in [4.69, 9.17) is 16.2 Å². The molecule has 3 heteroatoms. The van der Waals surface area contributed by atoms with Crippen LogP contribution in [0.4, 0.5) is 0 Å². The summed E-state index contributed by atoms with van der Waals surface area (Å²) < 4.78 is 5.48. The second kappa shape index (κ2) is 4.60. The summed E-state index contributed by atoms with van der Waals surface area (Å²) in [4.78, 5) is 0. The van der Waals surface area contributed by atoms with E-state index in [0.29, 0.717) is 5.92 Å². The molecule has 0 fully saturated rings. The van der Waals surface area contributed by atoms with Crippen molar-refractivity contribution < 1.29 is 4.74 Å². The van der Waals surface area contributed by atoms with Crippen LogP contribution in [0.1, 0.15) is 48.0 Å². The topological polar surface area (TPSA) is 61.3 Å². The largest absolute Gasteiger partial charge is 0.344 e. The van der Waals surface area contributed by atoms with E-state index in [9.17, 15) is 0 Å². The predicted molar refractivity (Wildman–Crippen MR) is 60.6 cm³/mol. The Morgan fingerprint density at radius 1 is 1.14 bits per heavy atom. The second-order valence-corrected chi connectivity index (χ2v) is 5.61. The van der Waals surface area contributed by atoms with Crippen LogP contribution in [-0.4, -0.2) is 12.0 Å². The van der Waals surface area contributed by atoms with Gasteiger partial charge in [0, 0.05) is 0 Å². The molecular formula is C11H26N2O. The Morgan fingerprint density at radius 2 is 1.57 bits per heavy atom. The first-order valence-corrected chi connectivity index (χ1v) is 5.27. The SMILES string of the molecule is CC(C)C(C)(C)CC(N)OC(C)(C)N. The van der Waals surface area contributed by atoms with Crippen molar-refractivity contribution in [1.82, 2.24) is 0 Å². The van der Waals surface area contributed by atoms with Gasteiger partial charge < -0.3 is 16.2 Å². The van der Waals surface area contributed by atoms with Crippen LogP contribution < -0.4 is 11.5 Å². The van der Waals surface area contributed by atoms with Crippen molar-refractivity contribution in [3.05, 3.63) is 0 Å². The lowest BCUT2D eigenvalue weighted by Gasteiger charge is -2.34. The Labute approximate surface area is 88.2 Å². The van der Waals surface area contributed by atoms with E-state index in [-0.39, 0.29) is 11.6 Å². The molecule has 0 bridgehead atoms. The molecular weight excluding hydrogens is 176 g/mol. The summed E-state index contributed by atoms with van der Waals surface area (Å²) >= 11 is 0. The molecule has 0 heterocycles. The Balaban J connectivity index is 4.12. The molecule has 0 aliphatic heterocycles. The molecule has 86 valence electrons. The quantitative estimate of drug-likeness (QED) is 0.671. The second-order valence-electron chi connectivity index (χ2n) is 5.61. The lowest BCUT2D eigenvalue weighted by atomic mass is 9.78. The third-order valence-electron chi connectivity index (χ3n) is 2.75. The van der Waals surface area contributed by atoms with Crippen molar-refractivity contribution in [2.45, 2.75) is 59.9 Å². The molecule has 0 aliphatic carbocycles. The van der Waals surface area contributed by atoms with Gasteiger partial charge in [0.25, 0.3) is 0 Å². The number of ether oxygens (including phenoxy) is 1. The average Bonchev–Trinajstić information content (AvgIpc) is 1.79. The highest BCUT2D eigenvalue weighted by Crippen LogP contribution is 2.31. The number of nitrogens with two attached hydrogens (primary N) is 2. The molecule has 14 heavy (non-hydrogen) atoms. The average molecular weight is 202 g/mol. The van der Waals surface area contributed by atoms with E-state index in [0.717, 1.165) is 6.42 Å². The van der Waals surface area contributed by atoms with E-state index in [1.54, 1.807) is 0 Å². The van der Waals surface area contributed by atoms with Gasteiger partial charge in [-0.1, -0.05) is 27.7 Å². The summed E-state index contributed by atoms with van der Waals surface area (Å²) in [6.07, 6.45) is 0.540. The standard InChI is InChI=1S/C11H26N2O/c1-8(2)10(3,4)7-9(12)14-11(5,6)13/h8-9H,7,12-13H2,1-6H3. The van der Waals surface area contributed by atoms with Crippen LogP contribution in [0.5, 0.6) is 0 Å². The van der Waals surface area contributed by atoms with Gasteiger partial charge in [0.1, 0.15) is 12.0 Å². The van der Waals surface area contributed by atoms with E-state index >= 15 is 0 Å². The van der Waals surface area contributed by atoms with Crippen LogP contribution in [0.15, 0.2) is 0 Å². The normalized spacial score (nSPS) is 16.1. The van der Waals surface area contributed by atoms with E-state index < -0.39 is 5.72 Å². The molecule has 0 saturated heterocycles. The minimum Gasteiger partial charge on any atom is -0.344 e. The third kappa shape index (κ3) is 5.58. The molecule has 0 aromatic rings. The summed E-state index contributed by atoms with van der Waals surface area (Å²) in [6.45, 7) is 12.4. The van der Waals surface area contributed by atoms with Gasteiger partial charge in [0.2, 0.25) is 0 Å². The highest BCUT2D eigenvalue weighted by Gasteiger charge is 2.27. The van der Waals surface area contributed by atoms with Crippen LogP contribution in [0, 0.1) is 11.3 Å². The summed E-state index contributed by atoms with van der Waals surface area (Å²) in [6, 6.07) is 0. The first kappa shape index (κ1) is 13.9. The zero-order valence-electron chi connectivity index (χ0n) is 10.4. The van der Waals surface area contributed by atoms with Crippen LogP contribution in [-0.2, 0) is 4.74 Å². The first-order valence-electron chi connectivity index (χ1n) is 5.27. The smallest absolute Gasteiger partial charge is 0.113 e. The lowest BCUT2D eigenvalue weighted by Crippen LogP contribution is -2.44. The van der Waals surface area contributed by atoms with Crippen LogP contribution in [0.3, 0.4) is 0 Å². The van der Waals surface area contributed by atoms with Crippen LogP contribution in [0.2, 0.25) is 0 Å². The fourth-order valence-electron chi connectivity index (χ4n) is 1.19. The molecule has 0 radical (unpaired) electrons. The third-order valence-corrected chi connectivity index (χ3v) is 2.75. The molecule has 0 rings (SSSR count). The first-order chi connectivity index (χ1) is 6.04. The Morgan fingerprint density at radius 3 is 1.86 bits per heavy atom. The van der Waals surface area contributed by atoms with Crippen molar-refractivity contribution in [3.63, 3.8) is 0 Å². The highest BCUT2D eigenvalue weighted by molar-refractivity contribution is 4.75. The number of hydrogen-bond acceptors (Lipinski definition) is 3. The van der Waals surface area contributed by atoms with Crippen LogP contribution in [0.25, 0.3) is 0 Å². The maximum atomic E-state index is 5.88. The molecule has 3 nitrogen and oxygen atoms in total. The summed E-state index contributed by atoms with van der Waals surface area (Å²) in [5.74, 6) is 0.582. The fraction of sp³-hybridized carbons (Fsp3) is 1.00. The van der Waals surface area contributed by atoms with Crippen molar-refractivity contribution in [2.24, 2.45) is 22.8 Å². The van der Waals surface area contributed by atoms with Gasteiger partial charge in [-0.25, -0.2) is 0 Å². The number of rotatable bonds is 5. The lowest BCUT2D eigenvalue weighted by molar-refractivity contribution is -0.0834. The van der Waals surface area contributed by atoms with E-state index in [1.807, 2.05) is 13.8 Å². The monoisotopic (exact) mass is 202 g/mol. The minimum atomic E-state index is -0.646. The van der Waals surface area contributed by atoms with Crippen molar-refractivity contribution in [1.29, 1.82) is 0 Å². The van der Waals surface area contributed by atoms with Gasteiger partial charge in [0.05, 0.1) is 0 Å². The molecule has 0 saturated carbocycles. The van der Waals surface area contributed by atoms with Gasteiger partial charge in [-0.3, -0.25) is 0 Å².